The van der Waals surface area contributed by atoms with E-state index in [0.29, 0.717) is 30.0 Å². The second kappa shape index (κ2) is 5.70. The number of hydrogen-bond acceptors (Lipinski definition) is 6. The number of nitrogen functional groups attached to an aromatic ring is 1. The third-order valence-corrected chi connectivity index (χ3v) is 4.92. The third kappa shape index (κ3) is 3.41. The van der Waals surface area contributed by atoms with Gasteiger partial charge in [-0.2, -0.15) is 0 Å². The molecule has 1 aliphatic heterocycles. The molecule has 0 aliphatic carbocycles. The lowest BCUT2D eigenvalue weighted by atomic mass is 10.1. The summed E-state index contributed by atoms with van der Waals surface area (Å²) < 4.78 is 27.8. The average Bonchev–Trinajstić information content (AvgIpc) is 2.72. The number of esters is 1. The van der Waals surface area contributed by atoms with Gasteiger partial charge in [0.25, 0.3) is 0 Å². The molecule has 1 saturated heterocycles. The molecule has 3 N–H and O–H groups in total. The monoisotopic (exact) mass is 298 g/mol. The summed E-state index contributed by atoms with van der Waals surface area (Å²) in [7, 11) is -2.96. The van der Waals surface area contributed by atoms with Crippen molar-refractivity contribution in [3.05, 3.63) is 23.8 Å². The fraction of sp³-hybridized carbons (Fsp3) is 0.462. The summed E-state index contributed by atoms with van der Waals surface area (Å²) in [5, 5.41) is 3.09. The van der Waals surface area contributed by atoms with Crippen LogP contribution in [0.5, 0.6) is 0 Å². The van der Waals surface area contributed by atoms with Gasteiger partial charge in [-0.05, 0) is 31.5 Å². The van der Waals surface area contributed by atoms with Crippen molar-refractivity contribution in [2.75, 3.05) is 29.2 Å². The number of anilines is 2. The van der Waals surface area contributed by atoms with Crippen molar-refractivity contribution in [1.82, 2.24) is 0 Å². The van der Waals surface area contributed by atoms with Gasteiger partial charge in [-0.1, -0.05) is 0 Å². The molecule has 0 bridgehead atoms. The van der Waals surface area contributed by atoms with Gasteiger partial charge >= 0.3 is 5.97 Å². The summed E-state index contributed by atoms with van der Waals surface area (Å²) in [4.78, 5) is 11.7. The smallest absolute Gasteiger partial charge is 0.338 e. The highest BCUT2D eigenvalue weighted by Gasteiger charge is 2.28. The normalized spacial score (nSPS) is 20.6. The Morgan fingerprint density at radius 2 is 2.25 bits per heavy atom. The van der Waals surface area contributed by atoms with Gasteiger partial charge in [-0.15, -0.1) is 0 Å². The lowest BCUT2D eigenvalue weighted by Gasteiger charge is -2.15. The summed E-state index contributed by atoms with van der Waals surface area (Å²) in [6.07, 6.45) is 0.547. The molecule has 1 fully saturated rings. The van der Waals surface area contributed by atoms with Crippen molar-refractivity contribution in [3.63, 3.8) is 0 Å². The highest BCUT2D eigenvalue weighted by molar-refractivity contribution is 7.91. The Hall–Kier alpha value is -1.76. The van der Waals surface area contributed by atoms with Crippen LogP contribution in [0.3, 0.4) is 0 Å². The van der Waals surface area contributed by atoms with Gasteiger partial charge in [-0.25, -0.2) is 13.2 Å². The third-order valence-electron chi connectivity index (χ3n) is 3.16. The molecule has 6 nitrogen and oxygen atoms in total. The maximum absolute atomic E-state index is 11.7. The number of ether oxygens (including phenoxy) is 1. The number of nitrogens with two attached hydrogens (primary N) is 1. The number of benzene rings is 1. The summed E-state index contributed by atoms with van der Waals surface area (Å²) in [5.41, 5.74) is 7.28. The zero-order valence-corrected chi connectivity index (χ0v) is 12.1. The van der Waals surface area contributed by atoms with Crippen molar-refractivity contribution in [2.45, 2.75) is 19.4 Å². The summed E-state index contributed by atoms with van der Waals surface area (Å²) in [6.45, 7) is 2.03. The molecule has 1 unspecified atom stereocenters. The van der Waals surface area contributed by atoms with E-state index in [2.05, 4.69) is 5.32 Å². The largest absolute Gasteiger partial charge is 0.462 e. The van der Waals surface area contributed by atoms with Crippen molar-refractivity contribution < 1.29 is 17.9 Å². The zero-order chi connectivity index (χ0) is 14.8. The lowest BCUT2D eigenvalue weighted by molar-refractivity contribution is 0.0526. The first-order chi connectivity index (χ1) is 9.41. The fourth-order valence-corrected chi connectivity index (χ4v) is 3.82. The molecule has 2 rings (SSSR count). The highest BCUT2D eigenvalue weighted by Crippen LogP contribution is 2.24. The van der Waals surface area contributed by atoms with Gasteiger partial charge in [0.1, 0.15) is 0 Å². The molecule has 0 saturated carbocycles. The zero-order valence-electron chi connectivity index (χ0n) is 11.3. The predicted octanol–water partition coefficient (Wildman–Crippen LogP) is 1.04. The van der Waals surface area contributed by atoms with Gasteiger partial charge in [0.15, 0.2) is 9.84 Å². The lowest BCUT2D eigenvalue weighted by Crippen LogP contribution is -2.21. The van der Waals surface area contributed by atoms with E-state index in [4.69, 9.17) is 10.5 Å². The molecule has 1 aromatic rings. The van der Waals surface area contributed by atoms with Crippen LogP contribution in [0, 0.1) is 0 Å². The average molecular weight is 298 g/mol. The first kappa shape index (κ1) is 14.6. The van der Waals surface area contributed by atoms with Crippen molar-refractivity contribution in [2.24, 2.45) is 0 Å². The van der Waals surface area contributed by atoms with Crippen LogP contribution in [0.1, 0.15) is 23.7 Å². The minimum Gasteiger partial charge on any atom is -0.462 e. The number of hydrogen-bond donors (Lipinski definition) is 2. The van der Waals surface area contributed by atoms with E-state index in [-0.39, 0.29) is 17.5 Å². The van der Waals surface area contributed by atoms with Gasteiger partial charge in [0.2, 0.25) is 0 Å². The van der Waals surface area contributed by atoms with Gasteiger partial charge in [-0.3, -0.25) is 0 Å². The topological polar surface area (TPSA) is 98.5 Å². The molecule has 7 heteroatoms. The van der Waals surface area contributed by atoms with Crippen molar-refractivity contribution in [3.8, 4) is 0 Å². The Morgan fingerprint density at radius 3 is 2.85 bits per heavy atom. The van der Waals surface area contributed by atoms with Crippen LogP contribution >= 0.6 is 0 Å². The second-order valence-corrected chi connectivity index (χ2v) is 7.00. The van der Waals surface area contributed by atoms with Gasteiger partial charge in [0, 0.05) is 6.04 Å². The molecule has 0 amide bonds. The van der Waals surface area contributed by atoms with Crippen molar-refractivity contribution in [1.29, 1.82) is 0 Å². The second-order valence-electron chi connectivity index (χ2n) is 4.77. The standard InChI is InChI=1S/C13H18N2O4S/c1-2-19-13(16)9-3-4-11(14)12(7-9)15-10-5-6-20(17,18)8-10/h3-4,7,10,15H,2,5-6,8,14H2,1H3. The molecule has 110 valence electrons. The number of carbonyl (C=O) groups is 1. The highest BCUT2D eigenvalue weighted by atomic mass is 32.2. The number of sulfone groups is 1. The van der Waals surface area contributed by atoms with Gasteiger partial charge < -0.3 is 15.8 Å². The van der Waals surface area contributed by atoms with Crippen LogP contribution in [-0.2, 0) is 14.6 Å². The fourth-order valence-electron chi connectivity index (χ4n) is 2.15. The summed E-state index contributed by atoms with van der Waals surface area (Å²) in [6, 6.07) is 4.62. The van der Waals surface area contributed by atoms with Crippen LogP contribution in [0.25, 0.3) is 0 Å². The molecule has 1 aromatic carbocycles. The Labute approximate surface area is 118 Å². The quantitative estimate of drug-likeness (QED) is 0.636. The van der Waals surface area contributed by atoms with Gasteiger partial charge in [0.05, 0.1) is 35.1 Å². The minimum absolute atomic E-state index is 0.0933. The molecular formula is C13H18N2O4S. The first-order valence-corrected chi connectivity index (χ1v) is 8.27. The molecule has 0 spiro atoms. The van der Waals surface area contributed by atoms with E-state index >= 15 is 0 Å². The Balaban J connectivity index is 2.15. The maximum atomic E-state index is 11.7. The number of rotatable bonds is 4. The SMILES string of the molecule is CCOC(=O)c1ccc(N)c(NC2CCS(=O)(=O)C2)c1. The van der Waals surface area contributed by atoms with Crippen LogP contribution in [-0.4, -0.2) is 38.5 Å². The molecule has 1 heterocycles. The van der Waals surface area contributed by atoms with E-state index in [0.717, 1.165) is 0 Å². The molecular weight excluding hydrogens is 280 g/mol. The predicted molar refractivity (Wildman–Crippen MR) is 77.5 cm³/mol. The minimum atomic E-state index is -2.96. The summed E-state index contributed by atoms with van der Waals surface area (Å²) in [5.74, 6) is -0.146. The molecule has 0 radical (unpaired) electrons. The Morgan fingerprint density at radius 1 is 1.50 bits per heavy atom. The van der Waals surface area contributed by atoms with E-state index in [1.54, 1.807) is 25.1 Å². The van der Waals surface area contributed by atoms with E-state index in [9.17, 15) is 13.2 Å². The summed E-state index contributed by atoms with van der Waals surface area (Å²) >= 11 is 0. The Bertz CT molecular complexity index is 613. The van der Waals surface area contributed by atoms with Crippen molar-refractivity contribution >= 4 is 27.2 Å². The molecule has 0 aromatic heterocycles. The Kier molecular flexibility index (Phi) is 4.17. The van der Waals surface area contributed by atoms with Crippen LogP contribution < -0.4 is 11.1 Å². The molecule has 20 heavy (non-hydrogen) atoms. The number of carbonyl (C=O) groups excluding carboxylic acids is 1. The number of nitrogens with one attached hydrogen (secondary N) is 1. The van der Waals surface area contributed by atoms with E-state index < -0.39 is 15.8 Å². The van der Waals surface area contributed by atoms with Crippen LogP contribution in [0.15, 0.2) is 18.2 Å². The first-order valence-electron chi connectivity index (χ1n) is 6.45. The van der Waals surface area contributed by atoms with Crippen LogP contribution in [0.2, 0.25) is 0 Å². The van der Waals surface area contributed by atoms with E-state index in [1.807, 2.05) is 0 Å². The molecule has 1 atom stereocenters. The molecule has 1 aliphatic rings. The van der Waals surface area contributed by atoms with Crippen LogP contribution in [0.4, 0.5) is 11.4 Å². The van der Waals surface area contributed by atoms with E-state index in [1.165, 1.54) is 0 Å². The maximum Gasteiger partial charge on any atom is 0.338 e.